The molecular weight excluding hydrogens is 156 g/mol. The van der Waals surface area contributed by atoms with Crippen molar-refractivity contribution in [1.82, 2.24) is 0 Å². The molecule has 0 aromatic carbocycles. The zero-order chi connectivity index (χ0) is 8.55. The van der Waals surface area contributed by atoms with Gasteiger partial charge >= 0.3 is 5.97 Å². The van der Waals surface area contributed by atoms with Crippen molar-refractivity contribution in [3.05, 3.63) is 12.2 Å². The lowest BCUT2D eigenvalue weighted by atomic mass is 10.0. The van der Waals surface area contributed by atoms with Gasteiger partial charge in [0, 0.05) is 5.92 Å². The molecule has 66 valence electrons. The third kappa shape index (κ3) is 1.14. The normalized spacial score (nSPS) is 37.2. The lowest BCUT2D eigenvalue weighted by Crippen LogP contribution is -2.29. The van der Waals surface area contributed by atoms with Crippen LogP contribution in [0.1, 0.15) is 13.3 Å². The van der Waals surface area contributed by atoms with Crippen molar-refractivity contribution in [3.8, 4) is 0 Å². The fourth-order valence-corrected chi connectivity index (χ4v) is 1.76. The molecule has 2 rings (SSSR count). The summed E-state index contributed by atoms with van der Waals surface area (Å²) in [6, 6.07) is 0. The molecule has 0 spiro atoms. The van der Waals surface area contributed by atoms with Gasteiger partial charge in [0.05, 0.1) is 12.7 Å². The van der Waals surface area contributed by atoms with Crippen LogP contribution in [0.5, 0.6) is 0 Å². The Morgan fingerprint density at radius 2 is 2.50 bits per heavy atom. The van der Waals surface area contributed by atoms with Gasteiger partial charge in [-0.2, -0.15) is 0 Å². The molecule has 1 saturated heterocycles. The summed E-state index contributed by atoms with van der Waals surface area (Å²) in [6.45, 7) is 2.24. The third-order valence-electron chi connectivity index (χ3n) is 2.31. The standard InChI is InChI=1S/C9H12O3/c1-2-11-9(10)8-6-3-4-7(5-6)12-8/h3-4,6-8H,2,5H2,1H3. The fourth-order valence-electron chi connectivity index (χ4n) is 1.76. The average molecular weight is 168 g/mol. The van der Waals surface area contributed by atoms with Crippen molar-refractivity contribution in [1.29, 1.82) is 0 Å². The zero-order valence-electron chi connectivity index (χ0n) is 7.03. The molecule has 2 aliphatic rings. The highest BCUT2D eigenvalue weighted by molar-refractivity contribution is 5.76. The molecule has 0 radical (unpaired) electrons. The van der Waals surface area contributed by atoms with E-state index in [4.69, 9.17) is 9.47 Å². The van der Waals surface area contributed by atoms with Crippen LogP contribution in [-0.4, -0.2) is 24.8 Å². The second-order valence-electron chi connectivity index (χ2n) is 3.13. The van der Waals surface area contributed by atoms with Gasteiger partial charge in [0.2, 0.25) is 0 Å². The van der Waals surface area contributed by atoms with E-state index in [9.17, 15) is 4.79 Å². The Morgan fingerprint density at radius 3 is 3.00 bits per heavy atom. The summed E-state index contributed by atoms with van der Waals surface area (Å²) in [5.74, 6) is 0.0448. The minimum absolute atomic E-state index is 0.157. The number of fused-ring (bicyclic) bond motifs is 2. The summed E-state index contributed by atoms with van der Waals surface area (Å²) in [4.78, 5) is 11.3. The van der Waals surface area contributed by atoms with Gasteiger partial charge in [0.15, 0.2) is 6.10 Å². The second kappa shape index (κ2) is 2.90. The number of hydrogen-bond donors (Lipinski definition) is 0. The van der Waals surface area contributed by atoms with E-state index in [2.05, 4.69) is 6.08 Å². The lowest BCUT2D eigenvalue weighted by Gasteiger charge is -2.16. The maximum atomic E-state index is 11.3. The molecule has 1 fully saturated rings. The number of rotatable bonds is 2. The van der Waals surface area contributed by atoms with Crippen LogP contribution in [0.3, 0.4) is 0 Å². The number of hydrogen-bond acceptors (Lipinski definition) is 3. The number of carbonyl (C=O) groups is 1. The van der Waals surface area contributed by atoms with Crippen LogP contribution < -0.4 is 0 Å². The van der Waals surface area contributed by atoms with Crippen molar-refractivity contribution in [2.75, 3.05) is 6.61 Å². The van der Waals surface area contributed by atoms with Gasteiger partial charge < -0.3 is 9.47 Å². The molecule has 1 aliphatic heterocycles. The third-order valence-corrected chi connectivity index (χ3v) is 2.31. The van der Waals surface area contributed by atoms with E-state index < -0.39 is 0 Å². The number of esters is 1. The summed E-state index contributed by atoms with van der Waals surface area (Å²) in [5.41, 5.74) is 0. The van der Waals surface area contributed by atoms with Crippen LogP contribution in [-0.2, 0) is 14.3 Å². The highest BCUT2D eigenvalue weighted by Crippen LogP contribution is 2.34. The van der Waals surface area contributed by atoms with Crippen molar-refractivity contribution < 1.29 is 14.3 Å². The van der Waals surface area contributed by atoms with E-state index in [1.807, 2.05) is 6.08 Å². The van der Waals surface area contributed by atoms with Gasteiger partial charge in [-0.25, -0.2) is 4.79 Å². The summed E-state index contributed by atoms with van der Waals surface area (Å²) in [5, 5.41) is 0. The molecule has 1 heterocycles. The number of ether oxygens (including phenoxy) is 2. The Balaban J connectivity index is 1.98. The van der Waals surface area contributed by atoms with Crippen LogP contribution in [0.25, 0.3) is 0 Å². The SMILES string of the molecule is CCOC(=O)C1OC2C=CC1C2. The molecule has 3 heteroatoms. The molecule has 0 amide bonds. The van der Waals surface area contributed by atoms with Crippen molar-refractivity contribution in [2.45, 2.75) is 25.6 Å². The van der Waals surface area contributed by atoms with Crippen molar-refractivity contribution in [3.63, 3.8) is 0 Å². The highest BCUT2D eigenvalue weighted by Gasteiger charge is 2.41. The molecule has 12 heavy (non-hydrogen) atoms. The van der Waals surface area contributed by atoms with Gasteiger partial charge in [-0.15, -0.1) is 0 Å². The summed E-state index contributed by atoms with van der Waals surface area (Å²) < 4.78 is 10.3. The van der Waals surface area contributed by atoms with Crippen LogP contribution in [0, 0.1) is 5.92 Å². The van der Waals surface area contributed by atoms with E-state index in [1.54, 1.807) is 6.92 Å². The molecular formula is C9H12O3. The van der Waals surface area contributed by atoms with Crippen LogP contribution >= 0.6 is 0 Å². The first kappa shape index (κ1) is 7.80. The predicted octanol–water partition coefficient (Wildman–Crippen LogP) is 0.893. The van der Waals surface area contributed by atoms with E-state index >= 15 is 0 Å². The first-order valence-electron chi connectivity index (χ1n) is 4.31. The van der Waals surface area contributed by atoms with Gasteiger partial charge in [0.25, 0.3) is 0 Å². The zero-order valence-corrected chi connectivity index (χ0v) is 7.03. The molecule has 3 nitrogen and oxygen atoms in total. The fraction of sp³-hybridized carbons (Fsp3) is 0.667. The molecule has 2 bridgehead atoms. The van der Waals surface area contributed by atoms with Gasteiger partial charge in [-0.05, 0) is 13.3 Å². The van der Waals surface area contributed by atoms with Gasteiger partial charge in [-0.3, -0.25) is 0 Å². The van der Waals surface area contributed by atoms with E-state index in [1.165, 1.54) is 0 Å². The molecule has 3 atom stereocenters. The van der Waals surface area contributed by atoms with Crippen LogP contribution in [0.2, 0.25) is 0 Å². The Morgan fingerprint density at radius 1 is 1.67 bits per heavy atom. The smallest absolute Gasteiger partial charge is 0.335 e. The van der Waals surface area contributed by atoms with Crippen molar-refractivity contribution >= 4 is 5.97 Å². The maximum Gasteiger partial charge on any atom is 0.335 e. The monoisotopic (exact) mass is 168 g/mol. The minimum atomic E-state index is -0.333. The lowest BCUT2D eigenvalue weighted by molar-refractivity contribution is -0.156. The van der Waals surface area contributed by atoms with E-state index in [-0.39, 0.29) is 24.1 Å². The summed E-state index contributed by atoms with van der Waals surface area (Å²) in [6.07, 6.45) is 4.84. The molecule has 0 aromatic rings. The topological polar surface area (TPSA) is 35.5 Å². The summed E-state index contributed by atoms with van der Waals surface area (Å²) in [7, 11) is 0. The average Bonchev–Trinajstić information content (AvgIpc) is 2.64. The Kier molecular flexibility index (Phi) is 1.89. The molecule has 0 N–H and O–H groups in total. The Hall–Kier alpha value is -0.830. The van der Waals surface area contributed by atoms with Crippen LogP contribution in [0.15, 0.2) is 12.2 Å². The molecule has 3 unspecified atom stereocenters. The molecule has 0 saturated carbocycles. The second-order valence-corrected chi connectivity index (χ2v) is 3.13. The maximum absolute atomic E-state index is 11.3. The summed E-state index contributed by atoms with van der Waals surface area (Å²) >= 11 is 0. The van der Waals surface area contributed by atoms with Gasteiger partial charge in [-0.1, -0.05) is 12.2 Å². The largest absolute Gasteiger partial charge is 0.464 e. The first-order valence-corrected chi connectivity index (χ1v) is 4.31. The van der Waals surface area contributed by atoms with Gasteiger partial charge in [0.1, 0.15) is 0 Å². The van der Waals surface area contributed by atoms with E-state index in [0.717, 1.165) is 6.42 Å². The first-order chi connectivity index (χ1) is 5.81. The Labute approximate surface area is 71.3 Å². The van der Waals surface area contributed by atoms with E-state index in [0.29, 0.717) is 6.61 Å². The van der Waals surface area contributed by atoms with Crippen molar-refractivity contribution in [2.24, 2.45) is 5.92 Å². The Bertz CT molecular complexity index is 222. The quantitative estimate of drug-likeness (QED) is 0.454. The highest BCUT2D eigenvalue weighted by atomic mass is 16.6. The predicted molar refractivity (Wildman–Crippen MR) is 42.5 cm³/mol. The minimum Gasteiger partial charge on any atom is -0.464 e. The number of carbonyl (C=O) groups excluding carboxylic acids is 1. The van der Waals surface area contributed by atoms with Crippen LogP contribution in [0.4, 0.5) is 0 Å². The molecule has 0 aromatic heterocycles. The molecule has 1 aliphatic carbocycles.